The van der Waals surface area contributed by atoms with Crippen LogP contribution in [0.15, 0.2) is 54.6 Å². The minimum atomic E-state index is -1.71. The van der Waals surface area contributed by atoms with Crippen LogP contribution in [-0.2, 0) is 4.74 Å². The highest BCUT2D eigenvalue weighted by molar-refractivity contribution is 6.06. The quantitative estimate of drug-likeness (QED) is 0.596. The number of carboxylic acid groups (broad SMARTS) is 1. The third-order valence-electron chi connectivity index (χ3n) is 2.61. The van der Waals surface area contributed by atoms with E-state index in [4.69, 9.17) is 5.11 Å². The number of rotatable bonds is 3. The lowest BCUT2D eigenvalue weighted by molar-refractivity contribution is 0.0510. The van der Waals surface area contributed by atoms with E-state index in [0.29, 0.717) is 5.69 Å². The number of esters is 1. The fraction of sp³-hybridized carbons (Fsp3) is 0. The van der Waals surface area contributed by atoms with E-state index in [9.17, 15) is 14.4 Å². The molecule has 0 atom stereocenters. The standard InChI is InChI=1S/C15H12N2O5/c18-13(22-15(20)21)11-8-4-5-9-12(11)17-14(19)16-10-6-2-1-3-7-10/h1-9H,(H,20,21)(H2,16,17,19). The summed E-state index contributed by atoms with van der Waals surface area (Å²) in [4.78, 5) is 33.9. The van der Waals surface area contributed by atoms with Gasteiger partial charge in [-0.25, -0.2) is 14.4 Å². The average Bonchev–Trinajstić information content (AvgIpc) is 2.48. The number of carbonyl (C=O) groups is 3. The van der Waals surface area contributed by atoms with Crippen LogP contribution in [0.2, 0.25) is 0 Å². The molecular formula is C15H12N2O5. The maximum atomic E-state index is 11.9. The van der Waals surface area contributed by atoms with Crippen molar-refractivity contribution in [2.75, 3.05) is 10.6 Å². The first-order chi connectivity index (χ1) is 10.6. The summed E-state index contributed by atoms with van der Waals surface area (Å²) in [6, 6.07) is 14.1. The van der Waals surface area contributed by atoms with Gasteiger partial charge >= 0.3 is 18.2 Å². The van der Waals surface area contributed by atoms with Gasteiger partial charge in [0.05, 0.1) is 11.3 Å². The molecule has 2 amide bonds. The molecule has 0 aromatic heterocycles. The third-order valence-corrected chi connectivity index (χ3v) is 2.61. The van der Waals surface area contributed by atoms with E-state index in [-0.39, 0.29) is 11.3 Å². The van der Waals surface area contributed by atoms with Gasteiger partial charge in [0.25, 0.3) is 0 Å². The summed E-state index contributed by atoms with van der Waals surface area (Å²) >= 11 is 0. The minimum Gasteiger partial charge on any atom is -0.449 e. The molecule has 7 heteroatoms. The lowest BCUT2D eigenvalue weighted by atomic mass is 10.2. The Hall–Kier alpha value is -3.35. The van der Waals surface area contributed by atoms with Crippen molar-refractivity contribution < 1.29 is 24.2 Å². The predicted octanol–water partition coefficient (Wildman–Crippen LogP) is 3.17. The number of para-hydroxylation sites is 2. The monoisotopic (exact) mass is 300 g/mol. The van der Waals surface area contributed by atoms with Gasteiger partial charge in [0.1, 0.15) is 0 Å². The maximum Gasteiger partial charge on any atom is 0.513 e. The maximum absolute atomic E-state index is 11.9. The number of urea groups is 1. The molecule has 2 aromatic rings. The second-order valence-corrected chi connectivity index (χ2v) is 4.15. The van der Waals surface area contributed by atoms with E-state index in [1.165, 1.54) is 18.2 Å². The molecule has 0 saturated carbocycles. The lowest BCUT2D eigenvalue weighted by Gasteiger charge is -2.10. The van der Waals surface area contributed by atoms with Gasteiger partial charge in [0.2, 0.25) is 0 Å². The second kappa shape index (κ2) is 6.89. The minimum absolute atomic E-state index is 0.0619. The first-order valence-corrected chi connectivity index (χ1v) is 6.23. The van der Waals surface area contributed by atoms with Crippen LogP contribution in [0.4, 0.5) is 21.0 Å². The summed E-state index contributed by atoms with van der Waals surface area (Å²) in [5.74, 6) is -1.07. The summed E-state index contributed by atoms with van der Waals surface area (Å²) < 4.78 is 4.08. The van der Waals surface area contributed by atoms with Crippen LogP contribution in [0, 0.1) is 0 Å². The van der Waals surface area contributed by atoms with Crippen LogP contribution >= 0.6 is 0 Å². The summed E-state index contributed by atoms with van der Waals surface area (Å²) in [7, 11) is 0. The van der Waals surface area contributed by atoms with Crippen molar-refractivity contribution in [1.82, 2.24) is 0 Å². The van der Waals surface area contributed by atoms with Crippen LogP contribution in [-0.4, -0.2) is 23.3 Å². The van der Waals surface area contributed by atoms with Crippen LogP contribution in [0.3, 0.4) is 0 Å². The van der Waals surface area contributed by atoms with Crippen molar-refractivity contribution in [2.24, 2.45) is 0 Å². The number of ether oxygens (including phenoxy) is 1. The molecular weight excluding hydrogens is 288 g/mol. The van der Waals surface area contributed by atoms with Gasteiger partial charge in [-0.15, -0.1) is 0 Å². The summed E-state index contributed by atoms with van der Waals surface area (Å²) in [6.07, 6.45) is -1.71. The molecule has 0 fully saturated rings. The van der Waals surface area contributed by atoms with E-state index in [0.717, 1.165) is 0 Å². The Labute approximate surface area is 125 Å². The van der Waals surface area contributed by atoms with Crippen molar-refractivity contribution in [1.29, 1.82) is 0 Å². The zero-order chi connectivity index (χ0) is 15.9. The number of carbonyl (C=O) groups excluding carboxylic acids is 2. The number of nitrogens with one attached hydrogen (secondary N) is 2. The highest BCUT2D eigenvalue weighted by atomic mass is 16.7. The van der Waals surface area contributed by atoms with Crippen molar-refractivity contribution in [2.45, 2.75) is 0 Å². The number of benzene rings is 2. The van der Waals surface area contributed by atoms with Crippen LogP contribution in [0.25, 0.3) is 0 Å². The zero-order valence-electron chi connectivity index (χ0n) is 11.3. The van der Waals surface area contributed by atoms with E-state index < -0.39 is 18.2 Å². The Balaban J connectivity index is 2.11. The molecule has 112 valence electrons. The summed E-state index contributed by atoms with van der Waals surface area (Å²) in [5.41, 5.74) is 0.654. The molecule has 0 aliphatic carbocycles. The lowest BCUT2D eigenvalue weighted by Crippen LogP contribution is -2.21. The van der Waals surface area contributed by atoms with Crippen LogP contribution < -0.4 is 10.6 Å². The van der Waals surface area contributed by atoms with Crippen molar-refractivity contribution >= 4 is 29.5 Å². The Bertz CT molecular complexity index is 700. The van der Waals surface area contributed by atoms with Gasteiger partial charge in [-0.1, -0.05) is 30.3 Å². The molecule has 0 heterocycles. The molecule has 2 aromatic carbocycles. The molecule has 0 radical (unpaired) electrons. The third kappa shape index (κ3) is 4.07. The SMILES string of the molecule is O=C(Nc1ccccc1)Nc1ccccc1C(=O)OC(=O)O. The molecule has 2 rings (SSSR count). The molecule has 22 heavy (non-hydrogen) atoms. The molecule has 0 saturated heterocycles. The van der Waals surface area contributed by atoms with E-state index >= 15 is 0 Å². The average molecular weight is 300 g/mol. The van der Waals surface area contributed by atoms with Gasteiger partial charge in [-0.3, -0.25) is 0 Å². The molecule has 0 spiro atoms. The zero-order valence-corrected chi connectivity index (χ0v) is 11.3. The second-order valence-electron chi connectivity index (χ2n) is 4.15. The highest BCUT2D eigenvalue weighted by Crippen LogP contribution is 2.17. The van der Waals surface area contributed by atoms with Gasteiger partial charge in [0.15, 0.2) is 0 Å². The molecule has 0 unspecified atom stereocenters. The molecule has 0 aliphatic heterocycles. The first kappa shape index (κ1) is 15.0. The van der Waals surface area contributed by atoms with Crippen molar-refractivity contribution in [3.63, 3.8) is 0 Å². The van der Waals surface area contributed by atoms with E-state index in [1.54, 1.807) is 36.4 Å². The van der Waals surface area contributed by atoms with Crippen LogP contribution in [0.5, 0.6) is 0 Å². The number of amides is 2. The number of anilines is 2. The molecule has 0 bridgehead atoms. The predicted molar refractivity (Wildman–Crippen MR) is 79.0 cm³/mol. The van der Waals surface area contributed by atoms with Gasteiger partial charge in [0, 0.05) is 5.69 Å². The molecule has 0 aliphatic rings. The Morgan fingerprint density at radius 1 is 0.864 bits per heavy atom. The Morgan fingerprint density at radius 3 is 2.18 bits per heavy atom. The van der Waals surface area contributed by atoms with Crippen molar-refractivity contribution in [3.05, 3.63) is 60.2 Å². The molecule has 7 nitrogen and oxygen atoms in total. The fourth-order valence-electron chi connectivity index (χ4n) is 1.71. The Morgan fingerprint density at radius 2 is 1.50 bits per heavy atom. The first-order valence-electron chi connectivity index (χ1n) is 6.23. The van der Waals surface area contributed by atoms with Gasteiger partial charge < -0.3 is 20.5 Å². The number of hydrogen-bond donors (Lipinski definition) is 3. The topological polar surface area (TPSA) is 105 Å². The smallest absolute Gasteiger partial charge is 0.449 e. The normalized spacial score (nSPS) is 9.64. The largest absolute Gasteiger partial charge is 0.513 e. The summed E-state index contributed by atoms with van der Waals surface area (Å²) in [6.45, 7) is 0. The highest BCUT2D eigenvalue weighted by Gasteiger charge is 2.17. The van der Waals surface area contributed by atoms with E-state index in [2.05, 4.69) is 15.4 Å². The Kier molecular flexibility index (Phi) is 4.71. The summed E-state index contributed by atoms with van der Waals surface area (Å²) in [5, 5.41) is 13.5. The number of hydrogen-bond acceptors (Lipinski definition) is 4. The fourth-order valence-corrected chi connectivity index (χ4v) is 1.71. The van der Waals surface area contributed by atoms with Crippen LogP contribution in [0.1, 0.15) is 10.4 Å². The van der Waals surface area contributed by atoms with Gasteiger partial charge in [-0.2, -0.15) is 0 Å². The van der Waals surface area contributed by atoms with E-state index in [1.807, 2.05) is 0 Å². The molecule has 3 N–H and O–H groups in total. The van der Waals surface area contributed by atoms with Gasteiger partial charge in [-0.05, 0) is 24.3 Å². The van der Waals surface area contributed by atoms with Crippen molar-refractivity contribution in [3.8, 4) is 0 Å².